The first-order chi connectivity index (χ1) is 24.8. The van der Waals surface area contributed by atoms with Crippen LogP contribution in [0.4, 0.5) is 13.2 Å². The molecule has 1 amide bonds. The monoisotopic (exact) mass is 718 g/mol. The predicted molar refractivity (Wildman–Crippen MR) is 189 cm³/mol. The molecule has 1 saturated heterocycles. The minimum Gasteiger partial charge on any atom is -0.493 e. The smallest absolute Gasteiger partial charge is 0.493 e. The lowest BCUT2D eigenvalue weighted by atomic mass is 9.48. The standard InChI is InChI=1S/C41H45F3N2O6/c1-26(2)25-46(35(48)16-13-29-11-8-12-31(23-29)52-41(42,43)44)32-17-19-40(51-27(3)47)34-24-30-14-15-33(49-4)37-36(30)39(40,38(32)50-37)20-22-45(34)21-18-28-9-6-5-7-10-28/h5-16,23,26,32,34,38H,17-22,24-25H2,1-4H3/b16-13+/t32?,34-,38?,39+,40-/m1/s1. The van der Waals surface area contributed by atoms with Crippen molar-refractivity contribution in [2.75, 3.05) is 26.7 Å². The number of ether oxygens (including phenoxy) is 4. The summed E-state index contributed by atoms with van der Waals surface area (Å²) in [5.41, 5.74) is 2.16. The summed E-state index contributed by atoms with van der Waals surface area (Å²) in [5, 5.41) is 0. The van der Waals surface area contributed by atoms with Crippen LogP contribution in [0.1, 0.15) is 62.3 Å². The third kappa shape index (κ3) is 6.31. The Hall–Kier alpha value is -4.51. The number of amides is 1. The highest BCUT2D eigenvalue weighted by molar-refractivity contribution is 5.92. The Morgan fingerprint density at radius 2 is 1.87 bits per heavy atom. The minimum absolute atomic E-state index is 0.103. The molecule has 2 fully saturated rings. The van der Waals surface area contributed by atoms with Gasteiger partial charge in [-0.1, -0.05) is 62.4 Å². The number of likely N-dealkylation sites (tertiary alicyclic amines) is 1. The van der Waals surface area contributed by atoms with Crippen molar-refractivity contribution in [3.05, 3.63) is 95.1 Å². The van der Waals surface area contributed by atoms with Crippen molar-refractivity contribution in [2.24, 2.45) is 5.92 Å². The van der Waals surface area contributed by atoms with Gasteiger partial charge in [-0.3, -0.25) is 14.5 Å². The van der Waals surface area contributed by atoms with Gasteiger partial charge in [-0.25, -0.2) is 0 Å². The summed E-state index contributed by atoms with van der Waals surface area (Å²) in [6, 6.07) is 19.5. The van der Waals surface area contributed by atoms with E-state index in [1.165, 1.54) is 42.8 Å². The lowest BCUT2D eigenvalue weighted by Gasteiger charge is -2.65. The van der Waals surface area contributed by atoms with Crippen molar-refractivity contribution in [3.8, 4) is 17.2 Å². The fraction of sp³-hybridized carbons (Fsp3) is 0.463. The molecule has 52 heavy (non-hydrogen) atoms. The van der Waals surface area contributed by atoms with Crippen LogP contribution < -0.4 is 14.2 Å². The molecule has 2 aliphatic heterocycles. The SMILES string of the molecule is COc1ccc2c3c1OC1C(N(CC(C)C)C(=O)/C=C/c4cccc(OC(F)(F)F)c4)CC[C@@]4(OC(C)=O)[C@@H](C2)N(CCc2ccccc2)CC[C@]314. The summed E-state index contributed by atoms with van der Waals surface area (Å²) in [6.07, 6.45) is 0.809. The largest absolute Gasteiger partial charge is 0.573 e. The Kier molecular flexibility index (Phi) is 9.52. The summed E-state index contributed by atoms with van der Waals surface area (Å²) in [7, 11) is 1.62. The highest BCUT2D eigenvalue weighted by Crippen LogP contribution is 2.67. The van der Waals surface area contributed by atoms with E-state index in [9.17, 15) is 22.8 Å². The third-order valence-electron chi connectivity index (χ3n) is 11.3. The molecule has 1 saturated carbocycles. The van der Waals surface area contributed by atoms with Crippen molar-refractivity contribution in [1.82, 2.24) is 9.80 Å². The molecule has 11 heteroatoms. The van der Waals surface area contributed by atoms with Crippen molar-refractivity contribution < 1.29 is 41.7 Å². The van der Waals surface area contributed by atoms with Crippen LogP contribution in [0.15, 0.2) is 72.8 Å². The number of halogens is 3. The average Bonchev–Trinajstić information content (AvgIpc) is 3.44. The van der Waals surface area contributed by atoms with E-state index < -0.39 is 23.5 Å². The Labute approximate surface area is 302 Å². The number of carbonyl (C=O) groups is 2. The zero-order valence-electron chi connectivity index (χ0n) is 29.9. The van der Waals surface area contributed by atoms with Gasteiger partial charge in [0, 0.05) is 31.7 Å². The first kappa shape index (κ1) is 35.9. The molecular formula is C41H45F3N2O6. The molecule has 276 valence electrons. The molecular weight excluding hydrogens is 673 g/mol. The number of hydrogen-bond acceptors (Lipinski definition) is 7. The number of alkyl halides is 3. The molecule has 5 atom stereocenters. The quantitative estimate of drug-likeness (QED) is 0.154. The fourth-order valence-electron chi connectivity index (χ4n) is 9.55. The molecule has 1 spiro atoms. The van der Waals surface area contributed by atoms with Crippen LogP contribution in [0.5, 0.6) is 17.2 Å². The second-order valence-electron chi connectivity index (χ2n) is 14.8. The first-order valence-electron chi connectivity index (χ1n) is 18.0. The molecule has 0 N–H and O–H groups in total. The molecule has 0 radical (unpaired) electrons. The number of benzene rings is 3. The number of piperidine rings is 1. The van der Waals surface area contributed by atoms with E-state index in [0.717, 1.165) is 30.6 Å². The zero-order valence-corrected chi connectivity index (χ0v) is 29.9. The van der Waals surface area contributed by atoms with Gasteiger partial charge in [-0.15, -0.1) is 13.2 Å². The maximum atomic E-state index is 14.3. The molecule has 2 aliphatic carbocycles. The lowest BCUT2D eigenvalue weighted by molar-refractivity contribution is -0.274. The summed E-state index contributed by atoms with van der Waals surface area (Å²) < 4.78 is 62.3. The fourth-order valence-corrected chi connectivity index (χ4v) is 9.55. The molecule has 3 aromatic rings. The van der Waals surface area contributed by atoms with E-state index in [1.54, 1.807) is 13.2 Å². The van der Waals surface area contributed by atoms with Crippen LogP contribution in [-0.2, 0) is 32.6 Å². The molecule has 2 bridgehead atoms. The van der Waals surface area contributed by atoms with Crippen LogP contribution in [-0.4, -0.2) is 78.6 Å². The van der Waals surface area contributed by atoms with Gasteiger partial charge < -0.3 is 23.8 Å². The van der Waals surface area contributed by atoms with Crippen molar-refractivity contribution in [3.63, 3.8) is 0 Å². The molecule has 2 unspecified atom stereocenters. The van der Waals surface area contributed by atoms with Gasteiger partial charge in [0.05, 0.1) is 24.6 Å². The van der Waals surface area contributed by atoms with Gasteiger partial charge in [-0.2, -0.15) is 0 Å². The molecule has 3 aromatic carbocycles. The van der Waals surface area contributed by atoms with Gasteiger partial charge >= 0.3 is 12.3 Å². The topological polar surface area (TPSA) is 77.5 Å². The number of carbonyl (C=O) groups excluding carboxylic acids is 2. The van der Waals surface area contributed by atoms with Gasteiger partial charge in [0.25, 0.3) is 0 Å². The number of rotatable bonds is 11. The molecule has 0 aromatic heterocycles. The van der Waals surface area contributed by atoms with Crippen LogP contribution >= 0.6 is 0 Å². The van der Waals surface area contributed by atoms with E-state index in [-0.39, 0.29) is 35.6 Å². The van der Waals surface area contributed by atoms with E-state index in [2.05, 4.69) is 27.8 Å². The van der Waals surface area contributed by atoms with Gasteiger partial charge in [0.15, 0.2) is 11.5 Å². The summed E-state index contributed by atoms with van der Waals surface area (Å²) >= 11 is 0. The molecule has 8 nitrogen and oxygen atoms in total. The van der Waals surface area contributed by atoms with Crippen LogP contribution in [0.25, 0.3) is 6.08 Å². The normalized spacial score (nSPS) is 26.1. The Morgan fingerprint density at radius 1 is 1.08 bits per heavy atom. The average molecular weight is 719 g/mol. The summed E-state index contributed by atoms with van der Waals surface area (Å²) in [5.74, 6) is 0.367. The Balaban J connectivity index is 1.27. The lowest BCUT2D eigenvalue weighted by Crippen LogP contribution is -2.79. The third-order valence-corrected chi connectivity index (χ3v) is 11.3. The van der Waals surface area contributed by atoms with Crippen LogP contribution in [0.2, 0.25) is 0 Å². The highest BCUT2D eigenvalue weighted by Gasteiger charge is 2.75. The van der Waals surface area contributed by atoms with Crippen molar-refractivity contribution in [1.29, 1.82) is 0 Å². The van der Waals surface area contributed by atoms with E-state index in [4.69, 9.17) is 14.2 Å². The van der Waals surface area contributed by atoms with Crippen molar-refractivity contribution in [2.45, 2.75) is 88.4 Å². The minimum atomic E-state index is -4.83. The first-order valence-corrected chi connectivity index (χ1v) is 18.0. The number of methoxy groups -OCH3 is 1. The van der Waals surface area contributed by atoms with E-state index in [0.29, 0.717) is 49.3 Å². The van der Waals surface area contributed by atoms with E-state index in [1.807, 2.05) is 43.0 Å². The summed E-state index contributed by atoms with van der Waals surface area (Å²) in [6.45, 7) is 7.55. The van der Waals surface area contributed by atoms with Gasteiger partial charge in [-0.05, 0) is 85.5 Å². The number of hydrogen-bond donors (Lipinski definition) is 0. The highest BCUT2D eigenvalue weighted by atomic mass is 19.4. The number of nitrogens with zero attached hydrogens (tertiary/aromatic N) is 2. The Bertz CT molecular complexity index is 1850. The molecule has 2 heterocycles. The second kappa shape index (κ2) is 13.8. The van der Waals surface area contributed by atoms with Gasteiger partial charge in [0.2, 0.25) is 5.91 Å². The van der Waals surface area contributed by atoms with Gasteiger partial charge in [0.1, 0.15) is 17.5 Å². The van der Waals surface area contributed by atoms with E-state index >= 15 is 0 Å². The maximum absolute atomic E-state index is 14.3. The maximum Gasteiger partial charge on any atom is 0.573 e. The Morgan fingerprint density at radius 3 is 2.58 bits per heavy atom. The molecule has 7 rings (SSSR count). The van der Waals surface area contributed by atoms with Crippen LogP contribution in [0, 0.1) is 5.92 Å². The predicted octanol–water partition coefficient (Wildman–Crippen LogP) is 7.13. The van der Waals surface area contributed by atoms with Crippen LogP contribution in [0.3, 0.4) is 0 Å². The number of esters is 1. The second-order valence-corrected chi connectivity index (χ2v) is 14.8. The zero-order chi connectivity index (χ0) is 36.8. The summed E-state index contributed by atoms with van der Waals surface area (Å²) in [4.78, 5) is 31.8. The molecule has 4 aliphatic rings. The van der Waals surface area contributed by atoms with Crippen molar-refractivity contribution >= 4 is 18.0 Å².